The molecule has 0 bridgehead atoms. The summed E-state index contributed by atoms with van der Waals surface area (Å²) in [5.41, 5.74) is -0.214. The molecule has 0 atom stereocenters. The molecule has 0 aliphatic rings. The number of carbonyl (C=O) groups excluding carboxylic acids is 1. The van der Waals surface area contributed by atoms with Crippen molar-refractivity contribution in [3.63, 3.8) is 0 Å². The van der Waals surface area contributed by atoms with Crippen LogP contribution in [0.4, 0.5) is 0 Å². The van der Waals surface area contributed by atoms with Gasteiger partial charge in [0, 0.05) is 0 Å². The zero-order valence-corrected chi connectivity index (χ0v) is 22.8. The molecule has 0 aliphatic heterocycles. The Morgan fingerprint density at radius 1 is 0.469 bits per heavy atom. The molecule has 0 amide bonds. The van der Waals surface area contributed by atoms with Crippen molar-refractivity contribution in [1.29, 1.82) is 0 Å². The number of unbranched alkanes of at least 4 members (excludes halogenated alkanes) is 16. The topological polar surface area (TPSA) is 26.3 Å². The van der Waals surface area contributed by atoms with Crippen LogP contribution in [0.1, 0.15) is 175 Å². The molecule has 0 rings (SSSR count). The molecule has 0 aromatic carbocycles. The maximum atomic E-state index is 13.5. The van der Waals surface area contributed by atoms with Gasteiger partial charge in [0.15, 0.2) is 0 Å². The number of rotatable bonds is 25. The van der Waals surface area contributed by atoms with Crippen molar-refractivity contribution in [2.24, 2.45) is 5.41 Å². The van der Waals surface area contributed by atoms with Gasteiger partial charge in [0.25, 0.3) is 0 Å². The summed E-state index contributed by atoms with van der Waals surface area (Å²) in [4.78, 5) is 13.5. The van der Waals surface area contributed by atoms with E-state index in [9.17, 15) is 4.79 Å². The van der Waals surface area contributed by atoms with Crippen LogP contribution in [0.15, 0.2) is 0 Å². The van der Waals surface area contributed by atoms with Crippen molar-refractivity contribution in [2.45, 2.75) is 175 Å². The Bertz CT molecular complexity index is 354. The van der Waals surface area contributed by atoms with Crippen molar-refractivity contribution >= 4 is 5.97 Å². The highest BCUT2D eigenvalue weighted by atomic mass is 16.5. The summed E-state index contributed by atoms with van der Waals surface area (Å²) in [5.74, 6) is 0.148. The van der Waals surface area contributed by atoms with Crippen LogP contribution < -0.4 is 0 Å². The minimum atomic E-state index is -0.214. The van der Waals surface area contributed by atoms with E-state index in [2.05, 4.69) is 27.7 Å². The fourth-order valence-corrected chi connectivity index (χ4v) is 4.91. The first kappa shape index (κ1) is 31.5. The van der Waals surface area contributed by atoms with E-state index in [0.29, 0.717) is 6.61 Å². The van der Waals surface area contributed by atoms with Gasteiger partial charge in [-0.15, -0.1) is 0 Å². The van der Waals surface area contributed by atoms with Gasteiger partial charge in [-0.3, -0.25) is 4.79 Å². The van der Waals surface area contributed by atoms with Gasteiger partial charge in [0.1, 0.15) is 0 Å². The van der Waals surface area contributed by atoms with Crippen LogP contribution in [-0.4, -0.2) is 12.6 Å². The third kappa shape index (κ3) is 17.0. The van der Waals surface area contributed by atoms with Crippen molar-refractivity contribution in [3.8, 4) is 0 Å². The van der Waals surface area contributed by atoms with Gasteiger partial charge in [0.2, 0.25) is 0 Å². The van der Waals surface area contributed by atoms with Crippen LogP contribution in [0, 0.1) is 5.41 Å². The lowest BCUT2D eigenvalue weighted by atomic mass is 9.74. The van der Waals surface area contributed by atoms with Crippen LogP contribution in [0.5, 0.6) is 0 Å². The highest BCUT2D eigenvalue weighted by Crippen LogP contribution is 2.39. The molecule has 0 radical (unpaired) electrons. The minimum Gasteiger partial charge on any atom is -0.465 e. The van der Waals surface area contributed by atoms with E-state index >= 15 is 0 Å². The smallest absolute Gasteiger partial charge is 0.312 e. The summed E-state index contributed by atoms with van der Waals surface area (Å²) in [5, 5.41) is 0. The van der Waals surface area contributed by atoms with E-state index in [1.165, 1.54) is 122 Å². The Morgan fingerprint density at radius 2 is 0.781 bits per heavy atom. The van der Waals surface area contributed by atoms with Gasteiger partial charge in [0.05, 0.1) is 12.0 Å². The first-order valence-electron chi connectivity index (χ1n) is 14.8. The van der Waals surface area contributed by atoms with E-state index < -0.39 is 0 Å². The monoisotopic (exact) mass is 452 g/mol. The van der Waals surface area contributed by atoms with E-state index in [1.807, 2.05) is 0 Å². The molecule has 0 aromatic heterocycles. The molecule has 2 nitrogen and oxygen atoms in total. The number of esters is 1. The second-order valence-corrected chi connectivity index (χ2v) is 10.3. The second kappa shape index (κ2) is 23.6. The third-order valence-corrected chi connectivity index (χ3v) is 7.19. The highest BCUT2D eigenvalue weighted by Gasteiger charge is 2.38. The number of ether oxygens (including phenoxy) is 1. The normalized spacial score (nSPS) is 11.8. The molecule has 0 saturated carbocycles. The number of hydrogen-bond acceptors (Lipinski definition) is 2. The predicted molar refractivity (Wildman–Crippen MR) is 142 cm³/mol. The molecule has 0 fully saturated rings. The molecule has 32 heavy (non-hydrogen) atoms. The van der Waals surface area contributed by atoms with Crippen LogP contribution in [0.25, 0.3) is 0 Å². The van der Waals surface area contributed by atoms with Crippen LogP contribution >= 0.6 is 0 Å². The largest absolute Gasteiger partial charge is 0.465 e. The lowest BCUT2D eigenvalue weighted by Gasteiger charge is -2.32. The first-order valence-corrected chi connectivity index (χ1v) is 14.8. The van der Waals surface area contributed by atoms with Crippen molar-refractivity contribution in [2.75, 3.05) is 6.61 Å². The third-order valence-electron chi connectivity index (χ3n) is 7.19. The second-order valence-electron chi connectivity index (χ2n) is 10.3. The molecule has 0 aliphatic carbocycles. The fourth-order valence-electron chi connectivity index (χ4n) is 4.91. The van der Waals surface area contributed by atoms with Gasteiger partial charge >= 0.3 is 5.97 Å². The van der Waals surface area contributed by atoms with Crippen LogP contribution in [0.3, 0.4) is 0 Å². The maximum Gasteiger partial charge on any atom is 0.312 e. The van der Waals surface area contributed by atoms with Gasteiger partial charge < -0.3 is 4.74 Å². The highest BCUT2D eigenvalue weighted by molar-refractivity contribution is 5.76. The van der Waals surface area contributed by atoms with E-state index in [-0.39, 0.29) is 11.4 Å². The lowest BCUT2D eigenvalue weighted by molar-refractivity contribution is -0.158. The van der Waals surface area contributed by atoms with E-state index in [0.717, 1.165) is 25.7 Å². The molecule has 2 heteroatoms. The van der Waals surface area contributed by atoms with Gasteiger partial charge in [-0.2, -0.15) is 0 Å². The van der Waals surface area contributed by atoms with Crippen molar-refractivity contribution in [3.05, 3.63) is 0 Å². The van der Waals surface area contributed by atoms with Gasteiger partial charge in [-0.1, -0.05) is 150 Å². The summed E-state index contributed by atoms with van der Waals surface area (Å²) in [6.07, 6.45) is 28.3. The Morgan fingerprint density at radius 3 is 1.12 bits per heavy atom. The summed E-state index contributed by atoms with van der Waals surface area (Å²) in [6, 6.07) is 0. The van der Waals surface area contributed by atoms with Gasteiger partial charge in [-0.25, -0.2) is 0 Å². The average molecular weight is 453 g/mol. The van der Waals surface area contributed by atoms with E-state index in [4.69, 9.17) is 4.74 Å². The Hall–Kier alpha value is -0.530. The first-order chi connectivity index (χ1) is 15.7. The number of hydrogen-bond donors (Lipinski definition) is 0. The maximum absolute atomic E-state index is 13.5. The van der Waals surface area contributed by atoms with Gasteiger partial charge in [-0.05, 0) is 25.7 Å². The summed E-state index contributed by atoms with van der Waals surface area (Å²) in [7, 11) is 0. The molecule has 0 unspecified atom stereocenters. The fraction of sp³-hybridized carbons (Fsp3) is 0.967. The number of carbonyl (C=O) groups is 1. The van der Waals surface area contributed by atoms with Crippen molar-refractivity contribution < 1.29 is 9.53 Å². The molecule has 192 valence electrons. The minimum absolute atomic E-state index is 0.148. The predicted octanol–water partition coefficient (Wildman–Crippen LogP) is 10.6. The van der Waals surface area contributed by atoms with Crippen LogP contribution in [0.2, 0.25) is 0 Å². The zero-order chi connectivity index (χ0) is 23.8. The standard InChI is InChI=1S/C30H60O2/c1-5-9-13-17-21-25-30(26-22-18-14-10-6-2,27-23-19-15-11-7-3)29(31)32-28-24-20-16-12-8-4/h5-28H2,1-4H3. The lowest BCUT2D eigenvalue weighted by Crippen LogP contribution is -2.34. The molecular formula is C30H60O2. The Balaban J connectivity index is 4.95. The van der Waals surface area contributed by atoms with E-state index in [1.54, 1.807) is 0 Å². The summed E-state index contributed by atoms with van der Waals surface area (Å²) >= 11 is 0. The average Bonchev–Trinajstić information content (AvgIpc) is 2.80. The summed E-state index contributed by atoms with van der Waals surface area (Å²) < 4.78 is 5.98. The molecule has 0 heterocycles. The molecule has 0 spiro atoms. The molecular weight excluding hydrogens is 392 g/mol. The van der Waals surface area contributed by atoms with Crippen LogP contribution in [-0.2, 0) is 9.53 Å². The molecule has 0 aromatic rings. The quantitative estimate of drug-likeness (QED) is 0.102. The molecule has 0 N–H and O–H groups in total. The Kier molecular flexibility index (Phi) is 23.2. The summed E-state index contributed by atoms with van der Waals surface area (Å²) in [6.45, 7) is 9.69. The zero-order valence-electron chi connectivity index (χ0n) is 22.8. The SMILES string of the molecule is CCCCCCCOC(=O)C(CCCCCCC)(CCCCCCC)CCCCCCC. The Labute approximate surface area is 203 Å². The molecule has 0 saturated heterocycles. The van der Waals surface area contributed by atoms with Crippen molar-refractivity contribution in [1.82, 2.24) is 0 Å².